The van der Waals surface area contributed by atoms with Gasteiger partial charge in [-0.1, -0.05) is 78.9 Å². The Morgan fingerprint density at radius 1 is 0.829 bits per heavy atom. The second kappa shape index (κ2) is 14.3. The number of rotatable bonds is 10. The summed E-state index contributed by atoms with van der Waals surface area (Å²) in [5.74, 6) is 0.815. The lowest BCUT2D eigenvalue weighted by molar-refractivity contribution is -0.245. The third-order valence-electron chi connectivity index (χ3n) is 7.00. The van der Waals surface area contributed by atoms with Crippen molar-refractivity contribution < 1.29 is 19.4 Å². The van der Waals surface area contributed by atoms with Crippen molar-refractivity contribution in [2.75, 3.05) is 12.3 Å². The minimum Gasteiger partial charge on any atom is -0.392 e. The number of ether oxygens (including phenoxy) is 2. The number of aliphatic hydroxyl groups excluding tert-OH is 1. The molecule has 4 aromatic carbocycles. The number of aliphatic hydroxyl groups is 1. The molecule has 2 amide bonds. The predicted molar refractivity (Wildman–Crippen MR) is 163 cm³/mol. The molecule has 6 nitrogen and oxygen atoms in total. The Labute approximate surface area is 246 Å². The molecule has 3 atom stereocenters. The maximum absolute atomic E-state index is 11.8. The molecule has 1 saturated heterocycles. The molecule has 0 spiro atoms. The van der Waals surface area contributed by atoms with Crippen molar-refractivity contribution in [1.82, 2.24) is 10.6 Å². The van der Waals surface area contributed by atoms with Gasteiger partial charge in [0.25, 0.3) is 0 Å². The highest BCUT2D eigenvalue weighted by Crippen LogP contribution is 2.40. The van der Waals surface area contributed by atoms with Crippen molar-refractivity contribution in [2.45, 2.75) is 49.9 Å². The highest BCUT2D eigenvalue weighted by Gasteiger charge is 2.32. The molecule has 212 valence electrons. The third kappa shape index (κ3) is 7.99. The van der Waals surface area contributed by atoms with Crippen LogP contribution in [0.2, 0.25) is 0 Å². The quantitative estimate of drug-likeness (QED) is 0.180. The smallest absolute Gasteiger partial charge is 0.315 e. The minimum atomic E-state index is -0.518. The fourth-order valence-electron chi connectivity index (χ4n) is 4.86. The molecule has 1 aliphatic rings. The van der Waals surface area contributed by atoms with Crippen molar-refractivity contribution in [3.63, 3.8) is 0 Å². The van der Waals surface area contributed by atoms with E-state index in [9.17, 15) is 9.90 Å². The van der Waals surface area contributed by atoms with Crippen molar-refractivity contribution >= 4 is 17.8 Å². The van der Waals surface area contributed by atoms with Crippen LogP contribution < -0.4 is 10.6 Å². The van der Waals surface area contributed by atoms with E-state index in [0.29, 0.717) is 13.1 Å². The van der Waals surface area contributed by atoms with Crippen LogP contribution in [0.1, 0.15) is 48.0 Å². The number of hydrogen-bond donors (Lipinski definition) is 3. The van der Waals surface area contributed by atoms with Gasteiger partial charge in [0, 0.05) is 35.7 Å². The van der Waals surface area contributed by atoms with Crippen molar-refractivity contribution in [1.29, 1.82) is 0 Å². The van der Waals surface area contributed by atoms with E-state index >= 15 is 0 Å². The molecule has 1 aliphatic heterocycles. The summed E-state index contributed by atoms with van der Waals surface area (Å²) < 4.78 is 13.1. The molecule has 0 aliphatic carbocycles. The van der Waals surface area contributed by atoms with Gasteiger partial charge in [-0.3, -0.25) is 0 Å². The van der Waals surface area contributed by atoms with Crippen LogP contribution in [0.5, 0.6) is 0 Å². The van der Waals surface area contributed by atoms with E-state index < -0.39 is 6.29 Å². The molecule has 0 aromatic heterocycles. The van der Waals surface area contributed by atoms with Crippen LogP contribution in [0.25, 0.3) is 11.1 Å². The van der Waals surface area contributed by atoms with Crippen molar-refractivity contribution in [3.05, 3.63) is 125 Å². The van der Waals surface area contributed by atoms with Crippen LogP contribution in [0, 0.1) is 0 Å². The lowest BCUT2D eigenvalue weighted by Crippen LogP contribution is -2.34. The van der Waals surface area contributed by atoms with Crippen LogP contribution >= 0.6 is 11.8 Å². The number of amides is 2. The zero-order valence-corrected chi connectivity index (χ0v) is 24.0. The summed E-state index contributed by atoms with van der Waals surface area (Å²) in [6.45, 7) is 2.95. The zero-order chi connectivity index (χ0) is 28.4. The molecule has 3 N–H and O–H groups in total. The van der Waals surface area contributed by atoms with E-state index in [1.807, 2.05) is 61.5 Å². The first-order chi connectivity index (χ1) is 20.1. The molecule has 0 bridgehead atoms. The Morgan fingerprint density at radius 2 is 1.59 bits per heavy atom. The molecule has 1 heterocycles. The van der Waals surface area contributed by atoms with Gasteiger partial charge >= 0.3 is 6.03 Å². The van der Waals surface area contributed by atoms with Gasteiger partial charge in [0.15, 0.2) is 6.29 Å². The van der Waals surface area contributed by atoms with Crippen LogP contribution in [-0.2, 0) is 22.6 Å². The molecule has 4 aromatic rings. The SMILES string of the molecule is CCNC(=O)NCc1cccc(-c2cccc([C@H]3O[C@@H](CSc4ccccc4)C[C@@H](c4ccc(CO)cc4)O3)c2)c1. The van der Waals surface area contributed by atoms with Gasteiger partial charge in [-0.15, -0.1) is 11.8 Å². The monoisotopic (exact) mass is 568 g/mol. The normalized spacial score (nSPS) is 18.5. The van der Waals surface area contributed by atoms with Gasteiger partial charge < -0.3 is 25.2 Å². The van der Waals surface area contributed by atoms with Crippen LogP contribution in [0.4, 0.5) is 4.79 Å². The van der Waals surface area contributed by atoms with Crippen molar-refractivity contribution in [3.8, 4) is 11.1 Å². The topological polar surface area (TPSA) is 79.8 Å². The molecule has 5 rings (SSSR count). The van der Waals surface area contributed by atoms with Gasteiger partial charge in [-0.05, 0) is 59.0 Å². The van der Waals surface area contributed by atoms with E-state index in [2.05, 4.69) is 59.2 Å². The highest BCUT2D eigenvalue weighted by molar-refractivity contribution is 7.99. The fourth-order valence-corrected chi connectivity index (χ4v) is 5.80. The second-order valence-corrected chi connectivity index (χ2v) is 11.1. The first kappa shape index (κ1) is 28.9. The lowest BCUT2D eigenvalue weighted by Gasteiger charge is -2.36. The number of nitrogens with one attached hydrogen (secondary N) is 2. The number of hydrogen-bond acceptors (Lipinski definition) is 5. The second-order valence-electron chi connectivity index (χ2n) is 10.0. The van der Waals surface area contributed by atoms with E-state index in [1.165, 1.54) is 4.90 Å². The summed E-state index contributed by atoms with van der Waals surface area (Å²) in [5, 5.41) is 15.1. The molecule has 7 heteroatoms. The number of carbonyl (C=O) groups excluding carboxylic acids is 1. The molecule has 0 saturated carbocycles. The minimum absolute atomic E-state index is 0.00574. The van der Waals surface area contributed by atoms with Gasteiger partial charge in [0.05, 0.1) is 18.8 Å². The number of thioether (sulfide) groups is 1. The third-order valence-corrected chi connectivity index (χ3v) is 8.15. The van der Waals surface area contributed by atoms with E-state index in [4.69, 9.17) is 9.47 Å². The Kier molecular flexibility index (Phi) is 10.1. The number of urea groups is 1. The van der Waals surface area contributed by atoms with E-state index in [0.717, 1.165) is 45.6 Å². The largest absolute Gasteiger partial charge is 0.392 e. The molecular weight excluding hydrogens is 532 g/mol. The maximum Gasteiger partial charge on any atom is 0.315 e. The molecular formula is C34H36N2O4S. The summed E-state index contributed by atoms with van der Waals surface area (Å²) in [5.41, 5.74) is 6.05. The summed E-state index contributed by atoms with van der Waals surface area (Å²) in [6.07, 6.45) is 0.0916. The maximum atomic E-state index is 11.8. The van der Waals surface area contributed by atoms with E-state index in [1.54, 1.807) is 11.8 Å². The van der Waals surface area contributed by atoms with Crippen LogP contribution in [0.3, 0.4) is 0 Å². The Bertz CT molecular complexity index is 1410. The summed E-state index contributed by atoms with van der Waals surface area (Å²) in [4.78, 5) is 13.1. The summed E-state index contributed by atoms with van der Waals surface area (Å²) >= 11 is 1.79. The summed E-state index contributed by atoms with van der Waals surface area (Å²) in [6, 6.07) is 34.6. The van der Waals surface area contributed by atoms with E-state index in [-0.39, 0.29) is 24.8 Å². The number of benzene rings is 4. The number of carbonyl (C=O) groups is 1. The van der Waals surface area contributed by atoms with Crippen molar-refractivity contribution in [2.24, 2.45) is 0 Å². The lowest BCUT2D eigenvalue weighted by atomic mass is 9.99. The molecule has 41 heavy (non-hydrogen) atoms. The summed E-state index contributed by atoms with van der Waals surface area (Å²) in [7, 11) is 0. The van der Waals surface area contributed by atoms with Crippen LogP contribution in [-0.4, -0.2) is 29.5 Å². The van der Waals surface area contributed by atoms with Gasteiger partial charge in [-0.25, -0.2) is 4.79 Å². The standard InChI is InChI=1S/C34H36N2O4S/c1-2-35-34(38)36-21-25-8-6-9-27(18-25)28-10-7-11-29(19-28)33-39-30(23-41-31-12-4-3-5-13-31)20-32(40-33)26-16-14-24(22-37)15-17-26/h3-19,30,32-33,37H,2,20-23H2,1H3,(H2,35,36,38)/t30-,32+,33+/m1/s1. The Balaban J connectivity index is 1.35. The van der Waals surface area contributed by atoms with Gasteiger partial charge in [0.2, 0.25) is 0 Å². The molecule has 0 unspecified atom stereocenters. The zero-order valence-electron chi connectivity index (χ0n) is 23.2. The van der Waals surface area contributed by atoms with Crippen LogP contribution in [0.15, 0.2) is 108 Å². The molecule has 1 fully saturated rings. The Hall–Kier alpha value is -3.62. The average Bonchev–Trinajstić information content (AvgIpc) is 3.03. The predicted octanol–water partition coefficient (Wildman–Crippen LogP) is 7.00. The first-order valence-electron chi connectivity index (χ1n) is 14.0. The fraction of sp³-hybridized carbons (Fsp3) is 0.265. The Morgan fingerprint density at radius 3 is 2.34 bits per heavy atom. The van der Waals surface area contributed by atoms with Gasteiger partial charge in [-0.2, -0.15) is 0 Å². The highest BCUT2D eigenvalue weighted by atomic mass is 32.2. The molecule has 0 radical (unpaired) electrons. The average molecular weight is 569 g/mol. The van der Waals surface area contributed by atoms with Gasteiger partial charge in [0.1, 0.15) is 0 Å². The first-order valence-corrected chi connectivity index (χ1v) is 15.0.